The van der Waals surface area contributed by atoms with Crippen LogP contribution in [0.4, 0.5) is 5.69 Å². The summed E-state index contributed by atoms with van der Waals surface area (Å²) in [6.45, 7) is 6.53. The zero-order chi connectivity index (χ0) is 19.1. The van der Waals surface area contributed by atoms with Crippen molar-refractivity contribution in [2.45, 2.75) is 52.9 Å². The maximum absolute atomic E-state index is 12.4. The molecule has 142 valence electrons. The molecule has 5 nitrogen and oxygen atoms in total. The molecule has 0 heterocycles. The van der Waals surface area contributed by atoms with Crippen LogP contribution in [0.1, 0.15) is 63.2 Å². The van der Waals surface area contributed by atoms with Crippen LogP contribution in [-0.4, -0.2) is 24.1 Å². The van der Waals surface area contributed by atoms with Gasteiger partial charge < -0.3 is 10.6 Å². The summed E-state index contributed by atoms with van der Waals surface area (Å²) in [7, 11) is 0. The van der Waals surface area contributed by atoms with Crippen LogP contribution in [0.2, 0.25) is 0 Å². The molecule has 1 aliphatic rings. The Morgan fingerprint density at radius 1 is 0.962 bits per heavy atom. The molecule has 1 aromatic rings. The van der Waals surface area contributed by atoms with Crippen molar-refractivity contribution in [2.75, 3.05) is 11.9 Å². The fraction of sp³-hybridized carbons (Fsp3) is 0.571. The lowest BCUT2D eigenvalue weighted by Gasteiger charge is -2.27. The zero-order valence-electron chi connectivity index (χ0n) is 16.0. The largest absolute Gasteiger partial charge is 0.356 e. The number of rotatable bonds is 7. The van der Waals surface area contributed by atoms with Crippen molar-refractivity contribution >= 4 is 23.3 Å². The quantitative estimate of drug-likeness (QED) is 0.728. The van der Waals surface area contributed by atoms with Gasteiger partial charge in [0, 0.05) is 29.6 Å². The van der Waals surface area contributed by atoms with Crippen LogP contribution < -0.4 is 10.6 Å². The van der Waals surface area contributed by atoms with Gasteiger partial charge in [0.1, 0.15) is 0 Å². The van der Waals surface area contributed by atoms with E-state index in [4.69, 9.17) is 0 Å². The lowest BCUT2D eigenvalue weighted by Crippen LogP contribution is -2.36. The van der Waals surface area contributed by atoms with Gasteiger partial charge in [0.05, 0.1) is 0 Å². The first-order valence-corrected chi connectivity index (χ1v) is 9.56. The Balaban J connectivity index is 1.77. The van der Waals surface area contributed by atoms with Crippen molar-refractivity contribution in [1.82, 2.24) is 5.32 Å². The van der Waals surface area contributed by atoms with E-state index in [0.717, 1.165) is 38.6 Å². The first-order chi connectivity index (χ1) is 12.4. The molecular formula is C21H30N2O3. The van der Waals surface area contributed by atoms with Gasteiger partial charge in [-0.3, -0.25) is 14.4 Å². The number of amides is 2. The van der Waals surface area contributed by atoms with Gasteiger partial charge in [-0.2, -0.15) is 0 Å². The first-order valence-electron chi connectivity index (χ1n) is 9.56. The molecule has 5 heteroatoms. The predicted octanol–water partition coefficient (Wildman–Crippen LogP) is 3.80. The lowest BCUT2D eigenvalue weighted by atomic mass is 9.81. The van der Waals surface area contributed by atoms with Crippen LogP contribution in [0, 0.1) is 17.8 Å². The summed E-state index contributed by atoms with van der Waals surface area (Å²) in [5.41, 5.74) is 1.33. The van der Waals surface area contributed by atoms with Crippen molar-refractivity contribution in [3.63, 3.8) is 0 Å². The van der Waals surface area contributed by atoms with Crippen molar-refractivity contribution in [1.29, 1.82) is 0 Å². The molecule has 1 fully saturated rings. The molecule has 0 atom stereocenters. The van der Waals surface area contributed by atoms with Gasteiger partial charge in [-0.15, -0.1) is 0 Å². The smallest absolute Gasteiger partial charge is 0.227 e. The Morgan fingerprint density at radius 2 is 1.50 bits per heavy atom. The van der Waals surface area contributed by atoms with Crippen LogP contribution in [0.15, 0.2) is 24.3 Å². The Hall–Kier alpha value is -2.17. The van der Waals surface area contributed by atoms with E-state index in [1.165, 1.54) is 6.92 Å². The highest BCUT2D eigenvalue weighted by atomic mass is 16.2. The molecule has 26 heavy (non-hydrogen) atoms. The van der Waals surface area contributed by atoms with E-state index in [-0.39, 0.29) is 29.4 Å². The van der Waals surface area contributed by atoms with E-state index >= 15 is 0 Å². The Labute approximate surface area is 155 Å². The molecule has 1 aliphatic carbocycles. The van der Waals surface area contributed by atoms with E-state index in [0.29, 0.717) is 17.2 Å². The molecule has 0 bridgehead atoms. The number of benzene rings is 1. The number of Topliss-reactive ketones (excluding diaryl/α,β-unsaturated/α-hetero) is 1. The van der Waals surface area contributed by atoms with Gasteiger partial charge in [0.15, 0.2) is 5.78 Å². The number of anilines is 1. The van der Waals surface area contributed by atoms with Gasteiger partial charge in [0.25, 0.3) is 0 Å². The number of carbonyl (C=O) groups is 3. The second kappa shape index (κ2) is 9.51. The van der Waals surface area contributed by atoms with E-state index in [1.807, 2.05) is 0 Å². The van der Waals surface area contributed by atoms with Crippen molar-refractivity contribution < 1.29 is 14.4 Å². The Morgan fingerprint density at radius 3 is 2.00 bits per heavy atom. The molecule has 0 saturated heterocycles. The topological polar surface area (TPSA) is 75.3 Å². The van der Waals surface area contributed by atoms with Gasteiger partial charge in [-0.25, -0.2) is 0 Å². The van der Waals surface area contributed by atoms with Crippen molar-refractivity contribution in [2.24, 2.45) is 17.8 Å². The van der Waals surface area contributed by atoms with Crippen molar-refractivity contribution in [3.8, 4) is 0 Å². The number of carbonyl (C=O) groups excluding carboxylic acids is 3. The summed E-state index contributed by atoms with van der Waals surface area (Å²) in [5, 5.41) is 5.93. The molecule has 0 aliphatic heterocycles. The summed E-state index contributed by atoms with van der Waals surface area (Å²) < 4.78 is 0. The maximum Gasteiger partial charge on any atom is 0.227 e. The summed E-state index contributed by atoms with van der Waals surface area (Å²) >= 11 is 0. The number of hydrogen-bond donors (Lipinski definition) is 2. The number of ketones is 1. The van der Waals surface area contributed by atoms with Crippen LogP contribution in [-0.2, 0) is 9.59 Å². The van der Waals surface area contributed by atoms with Gasteiger partial charge in [-0.1, -0.05) is 13.8 Å². The molecule has 0 unspecified atom stereocenters. The van der Waals surface area contributed by atoms with Crippen LogP contribution >= 0.6 is 0 Å². The van der Waals surface area contributed by atoms with Crippen LogP contribution in [0.25, 0.3) is 0 Å². The second-order valence-corrected chi connectivity index (χ2v) is 7.64. The summed E-state index contributed by atoms with van der Waals surface area (Å²) in [5.74, 6) is 0.693. The van der Waals surface area contributed by atoms with Crippen molar-refractivity contribution in [3.05, 3.63) is 29.8 Å². The molecule has 1 aromatic carbocycles. The molecule has 2 amide bonds. The molecule has 0 spiro atoms. The SMILES string of the molecule is CC(=O)c1ccc(NC(=O)C2CCC(C(=O)NCCC(C)C)CC2)cc1. The minimum Gasteiger partial charge on any atom is -0.356 e. The monoisotopic (exact) mass is 358 g/mol. The Kier molecular flexibility index (Phi) is 7.37. The predicted molar refractivity (Wildman–Crippen MR) is 103 cm³/mol. The van der Waals surface area contributed by atoms with Gasteiger partial charge in [0.2, 0.25) is 11.8 Å². The van der Waals surface area contributed by atoms with Gasteiger partial charge in [-0.05, 0) is 69.2 Å². The van der Waals surface area contributed by atoms with Crippen LogP contribution in [0.5, 0.6) is 0 Å². The molecule has 2 N–H and O–H groups in total. The molecule has 2 rings (SSSR count). The van der Waals surface area contributed by atoms with E-state index in [1.54, 1.807) is 24.3 Å². The van der Waals surface area contributed by atoms with E-state index in [9.17, 15) is 14.4 Å². The third-order valence-electron chi connectivity index (χ3n) is 5.05. The lowest BCUT2D eigenvalue weighted by molar-refractivity contribution is -0.128. The summed E-state index contributed by atoms with van der Waals surface area (Å²) in [4.78, 5) is 35.9. The highest BCUT2D eigenvalue weighted by Crippen LogP contribution is 2.30. The van der Waals surface area contributed by atoms with E-state index in [2.05, 4.69) is 24.5 Å². The minimum absolute atomic E-state index is 0.000703. The summed E-state index contributed by atoms with van der Waals surface area (Å²) in [6, 6.07) is 6.94. The number of nitrogens with one attached hydrogen (secondary N) is 2. The minimum atomic E-state index is -0.0535. The third kappa shape index (κ3) is 5.97. The average molecular weight is 358 g/mol. The fourth-order valence-electron chi connectivity index (χ4n) is 3.28. The second-order valence-electron chi connectivity index (χ2n) is 7.64. The average Bonchev–Trinajstić information content (AvgIpc) is 2.62. The number of hydrogen-bond acceptors (Lipinski definition) is 3. The molecule has 0 radical (unpaired) electrons. The fourth-order valence-corrected chi connectivity index (χ4v) is 3.28. The first kappa shape index (κ1) is 20.1. The highest BCUT2D eigenvalue weighted by Gasteiger charge is 2.29. The van der Waals surface area contributed by atoms with Gasteiger partial charge >= 0.3 is 0 Å². The van der Waals surface area contributed by atoms with E-state index < -0.39 is 0 Å². The van der Waals surface area contributed by atoms with Crippen LogP contribution in [0.3, 0.4) is 0 Å². The highest BCUT2D eigenvalue weighted by molar-refractivity contribution is 5.96. The summed E-state index contributed by atoms with van der Waals surface area (Å²) in [6.07, 6.45) is 3.98. The normalized spacial score (nSPS) is 19.8. The molecule has 1 saturated carbocycles. The molecule has 0 aromatic heterocycles. The standard InChI is InChI=1S/C21H30N2O3/c1-14(2)12-13-22-20(25)17-4-6-18(7-5-17)21(26)23-19-10-8-16(9-11-19)15(3)24/h8-11,14,17-18H,4-7,12-13H2,1-3H3,(H,22,25)(H,23,26). The molecular weight excluding hydrogens is 328 g/mol. The zero-order valence-corrected chi connectivity index (χ0v) is 16.0. The maximum atomic E-state index is 12.4. The Bertz CT molecular complexity index is 629. The third-order valence-corrected chi connectivity index (χ3v) is 5.05.